The molecule has 1 aromatic heterocycles. The van der Waals surface area contributed by atoms with Crippen molar-refractivity contribution in [2.75, 3.05) is 5.32 Å². The number of nitrogens with one attached hydrogen (secondary N) is 5. The zero-order chi connectivity index (χ0) is 30.7. The van der Waals surface area contributed by atoms with E-state index >= 15 is 0 Å². The largest absolute Gasteiger partial charge is 0.345 e. The predicted octanol–water partition coefficient (Wildman–Crippen LogP) is 1.25. The quantitative estimate of drug-likeness (QED) is 0.180. The highest BCUT2D eigenvalue weighted by Crippen LogP contribution is 2.08. The van der Waals surface area contributed by atoms with Crippen LogP contribution >= 0.6 is 0 Å². The number of pyridine rings is 1. The Balaban J connectivity index is 1.99. The van der Waals surface area contributed by atoms with Crippen molar-refractivity contribution in [2.24, 2.45) is 5.92 Å². The van der Waals surface area contributed by atoms with E-state index in [4.69, 9.17) is 0 Å². The maximum atomic E-state index is 13.0. The van der Waals surface area contributed by atoms with E-state index in [1.54, 1.807) is 26.0 Å². The Labute approximate surface area is 238 Å². The summed E-state index contributed by atoms with van der Waals surface area (Å²) in [5.74, 6) is -4.14. The molecule has 3 atom stereocenters. The number of hydrogen-bond donors (Lipinski definition) is 5. The van der Waals surface area contributed by atoms with Crippen LogP contribution in [0.3, 0.4) is 0 Å². The zero-order valence-corrected chi connectivity index (χ0v) is 23.7. The van der Waals surface area contributed by atoms with Crippen LogP contribution in [0.4, 0.5) is 5.82 Å². The number of aromatic nitrogens is 1. The van der Waals surface area contributed by atoms with Crippen molar-refractivity contribution in [1.82, 2.24) is 26.3 Å². The number of anilines is 1. The van der Waals surface area contributed by atoms with E-state index in [1.165, 1.54) is 39.1 Å². The third-order valence-electron chi connectivity index (χ3n) is 5.88. The van der Waals surface area contributed by atoms with Crippen molar-refractivity contribution in [3.63, 3.8) is 0 Å². The van der Waals surface area contributed by atoms with Gasteiger partial charge in [-0.1, -0.05) is 50.8 Å². The topological polar surface area (TPSA) is 175 Å². The molecule has 0 aliphatic rings. The highest BCUT2D eigenvalue weighted by Gasteiger charge is 2.32. The summed E-state index contributed by atoms with van der Waals surface area (Å²) in [6, 6.07) is 8.51. The van der Waals surface area contributed by atoms with Gasteiger partial charge in [-0.2, -0.15) is 0 Å². The van der Waals surface area contributed by atoms with Crippen molar-refractivity contribution in [2.45, 2.75) is 59.3 Å². The second kappa shape index (κ2) is 15.1. The SMILES string of the molecule is C=C(C)[C@H](NC(=O)c1ccc(NC(C)=O)nc1)C(=O)N[C@@H](C)C(=O)N[C@H](C(=O)C(=O)NCc1ccccc1)C(C)C. The van der Waals surface area contributed by atoms with Crippen LogP contribution in [0.25, 0.3) is 0 Å². The molecule has 0 radical (unpaired) electrons. The average Bonchev–Trinajstić information content (AvgIpc) is 2.92. The van der Waals surface area contributed by atoms with E-state index < -0.39 is 53.5 Å². The molecule has 5 amide bonds. The van der Waals surface area contributed by atoms with Gasteiger partial charge in [-0.3, -0.25) is 28.8 Å². The molecule has 1 aromatic carbocycles. The van der Waals surface area contributed by atoms with Crippen LogP contribution in [0.2, 0.25) is 0 Å². The number of hydrogen-bond acceptors (Lipinski definition) is 7. The highest BCUT2D eigenvalue weighted by atomic mass is 16.2. The summed E-state index contributed by atoms with van der Waals surface area (Å²) < 4.78 is 0. The van der Waals surface area contributed by atoms with E-state index in [0.29, 0.717) is 5.57 Å². The number of benzene rings is 1. The van der Waals surface area contributed by atoms with Crippen LogP contribution in [0.5, 0.6) is 0 Å². The smallest absolute Gasteiger partial charge is 0.289 e. The van der Waals surface area contributed by atoms with E-state index in [9.17, 15) is 28.8 Å². The molecular formula is C29H36N6O6. The lowest BCUT2D eigenvalue weighted by Crippen LogP contribution is -2.57. The van der Waals surface area contributed by atoms with Gasteiger partial charge in [0.15, 0.2) is 0 Å². The second-order valence-electron chi connectivity index (χ2n) is 9.86. The average molecular weight is 565 g/mol. The van der Waals surface area contributed by atoms with Crippen molar-refractivity contribution in [3.05, 3.63) is 71.9 Å². The molecule has 218 valence electrons. The lowest BCUT2D eigenvalue weighted by molar-refractivity contribution is -0.141. The molecule has 12 heteroatoms. The van der Waals surface area contributed by atoms with Gasteiger partial charge >= 0.3 is 0 Å². The van der Waals surface area contributed by atoms with Crippen LogP contribution in [0.1, 0.15) is 50.5 Å². The van der Waals surface area contributed by atoms with Gasteiger partial charge in [0.05, 0.1) is 11.6 Å². The second-order valence-corrected chi connectivity index (χ2v) is 9.86. The van der Waals surface area contributed by atoms with E-state index in [0.717, 1.165) is 5.56 Å². The fraction of sp³-hybridized carbons (Fsp3) is 0.345. The fourth-order valence-electron chi connectivity index (χ4n) is 3.59. The first-order valence-electron chi connectivity index (χ1n) is 13.0. The molecule has 0 spiro atoms. The third kappa shape index (κ3) is 9.99. The van der Waals surface area contributed by atoms with Crippen LogP contribution in [0, 0.1) is 5.92 Å². The molecular weight excluding hydrogens is 528 g/mol. The number of Topliss-reactive ketones (excluding diaryl/α,β-unsaturated/α-hetero) is 1. The molecule has 0 saturated heterocycles. The molecule has 0 aliphatic heterocycles. The van der Waals surface area contributed by atoms with Crippen molar-refractivity contribution < 1.29 is 28.8 Å². The number of carbonyl (C=O) groups excluding carboxylic acids is 6. The van der Waals surface area contributed by atoms with Gasteiger partial charge in [0.2, 0.25) is 23.5 Å². The number of carbonyl (C=O) groups is 6. The molecule has 0 unspecified atom stereocenters. The Hall–Kier alpha value is -4.87. The van der Waals surface area contributed by atoms with Gasteiger partial charge in [-0.05, 0) is 43.0 Å². The molecule has 12 nitrogen and oxygen atoms in total. The fourth-order valence-corrected chi connectivity index (χ4v) is 3.59. The standard InChI is InChI=1S/C29H36N6O6/c1-16(2)23(25(37)29(41)31-14-20-10-8-7-9-11-20)34-26(38)18(5)32-28(40)24(17(3)4)35-27(39)21-12-13-22(30-15-21)33-19(6)36/h7-13,15-16,18,23-24H,3,14H2,1-2,4-6H3,(H,31,41)(H,32,40)(H,34,38)(H,35,39)(H,30,33,36)/t18-,23-,24-/m0/s1. The molecule has 1 heterocycles. The molecule has 41 heavy (non-hydrogen) atoms. The highest BCUT2D eigenvalue weighted by molar-refractivity contribution is 6.38. The summed E-state index contributed by atoms with van der Waals surface area (Å²) in [7, 11) is 0. The maximum absolute atomic E-state index is 13.0. The summed E-state index contributed by atoms with van der Waals surface area (Å²) in [5, 5.41) is 12.6. The molecule has 0 aliphatic carbocycles. The predicted molar refractivity (Wildman–Crippen MR) is 152 cm³/mol. The Morgan fingerprint density at radius 2 is 1.51 bits per heavy atom. The third-order valence-corrected chi connectivity index (χ3v) is 5.88. The monoisotopic (exact) mass is 564 g/mol. The van der Waals surface area contributed by atoms with Gasteiger partial charge in [0.25, 0.3) is 11.8 Å². The van der Waals surface area contributed by atoms with Crippen molar-refractivity contribution in [1.29, 1.82) is 0 Å². The van der Waals surface area contributed by atoms with Gasteiger partial charge in [0, 0.05) is 19.7 Å². The molecule has 0 saturated carbocycles. The maximum Gasteiger partial charge on any atom is 0.289 e. The lowest BCUT2D eigenvalue weighted by atomic mass is 9.98. The first-order chi connectivity index (χ1) is 19.3. The molecule has 2 aromatic rings. The summed E-state index contributed by atoms with van der Waals surface area (Å²) in [6.07, 6.45) is 1.24. The number of nitrogens with zero attached hydrogens (tertiary/aromatic N) is 1. The molecule has 0 bridgehead atoms. The van der Waals surface area contributed by atoms with E-state index in [2.05, 4.69) is 38.1 Å². The Kier molecular flexibility index (Phi) is 11.9. The van der Waals surface area contributed by atoms with Gasteiger partial charge in [0.1, 0.15) is 17.9 Å². The van der Waals surface area contributed by atoms with Crippen LogP contribution in [0.15, 0.2) is 60.8 Å². The minimum Gasteiger partial charge on any atom is -0.345 e. The summed E-state index contributed by atoms with van der Waals surface area (Å²) in [5.41, 5.74) is 1.25. The summed E-state index contributed by atoms with van der Waals surface area (Å²) in [6.45, 7) is 11.5. The van der Waals surface area contributed by atoms with Crippen LogP contribution in [-0.2, 0) is 30.5 Å². The van der Waals surface area contributed by atoms with E-state index in [-0.39, 0.29) is 23.8 Å². The Bertz CT molecular complexity index is 1290. The first-order valence-corrected chi connectivity index (χ1v) is 13.0. The van der Waals surface area contributed by atoms with Crippen LogP contribution < -0.4 is 26.6 Å². The van der Waals surface area contributed by atoms with Crippen molar-refractivity contribution >= 4 is 41.1 Å². The Morgan fingerprint density at radius 1 is 0.854 bits per heavy atom. The van der Waals surface area contributed by atoms with Gasteiger partial charge in [-0.25, -0.2) is 4.98 Å². The minimum absolute atomic E-state index is 0.132. The number of rotatable bonds is 13. The van der Waals surface area contributed by atoms with Gasteiger partial charge < -0.3 is 26.6 Å². The first kappa shape index (κ1) is 32.3. The zero-order valence-electron chi connectivity index (χ0n) is 23.7. The summed E-state index contributed by atoms with van der Waals surface area (Å²) >= 11 is 0. The van der Waals surface area contributed by atoms with Gasteiger partial charge in [-0.15, -0.1) is 0 Å². The minimum atomic E-state index is -1.18. The Morgan fingerprint density at radius 3 is 2.05 bits per heavy atom. The van der Waals surface area contributed by atoms with Crippen molar-refractivity contribution in [3.8, 4) is 0 Å². The molecule has 0 fully saturated rings. The number of ketones is 1. The molecule has 2 rings (SSSR count). The normalized spacial score (nSPS) is 12.7. The number of amides is 5. The summed E-state index contributed by atoms with van der Waals surface area (Å²) in [4.78, 5) is 79.0. The van der Waals surface area contributed by atoms with E-state index in [1.807, 2.05) is 18.2 Å². The molecule has 5 N–H and O–H groups in total. The van der Waals surface area contributed by atoms with Crippen LogP contribution in [-0.4, -0.2) is 58.4 Å². The lowest BCUT2D eigenvalue weighted by Gasteiger charge is -2.25.